The van der Waals surface area contributed by atoms with Crippen molar-refractivity contribution >= 4 is 11.9 Å². The Kier molecular flexibility index (Phi) is 3.97. The number of benzene rings is 1. The third-order valence-electron chi connectivity index (χ3n) is 3.69. The Morgan fingerprint density at radius 2 is 2.05 bits per heavy atom. The molecule has 0 unspecified atom stereocenters. The fourth-order valence-corrected chi connectivity index (χ4v) is 2.86. The predicted octanol–water partition coefficient (Wildman–Crippen LogP) is 2.08. The molecule has 0 aromatic heterocycles. The maximum absolute atomic E-state index is 12.1. The lowest BCUT2D eigenvalue weighted by Crippen LogP contribution is -2.36. The van der Waals surface area contributed by atoms with Gasteiger partial charge in [0.25, 0.3) is 0 Å². The first-order valence-corrected chi connectivity index (χ1v) is 6.64. The number of carboxylic acids is 1. The summed E-state index contributed by atoms with van der Waals surface area (Å²) in [7, 11) is 1.55. The maximum atomic E-state index is 12.1. The molecule has 0 bridgehead atoms. The van der Waals surface area contributed by atoms with Gasteiger partial charge in [-0.15, -0.1) is 0 Å². The predicted molar refractivity (Wildman–Crippen MR) is 73.5 cm³/mol. The van der Waals surface area contributed by atoms with Crippen LogP contribution in [0.15, 0.2) is 24.3 Å². The van der Waals surface area contributed by atoms with Crippen molar-refractivity contribution in [1.82, 2.24) is 4.90 Å². The van der Waals surface area contributed by atoms with E-state index in [1.54, 1.807) is 18.1 Å². The monoisotopic (exact) mass is 277 g/mol. The van der Waals surface area contributed by atoms with Crippen LogP contribution in [0.4, 0.5) is 0 Å². The fraction of sp³-hybridized carbons (Fsp3) is 0.467. The van der Waals surface area contributed by atoms with E-state index in [0.717, 1.165) is 5.56 Å². The van der Waals surface area contributed by atoms with E-state index in [1.165, 1.54) is 0 Å². The van der Waals surface area contributed by atoms with E-state index in [1.807, 2.05) is 32.0 Å². The molecular formula is C15H19NO4. The van der Waals surface area contributed by atoms with Gasteiger partial charge in [0.2, 0.25) is 5.91 Å². The Morgan fingerprint density at radius 1 is 1.40 bits per heavy atom. The molecule has 0 radical (unpaired) electrons. The molecule has 1 aromatic rings. The van der Waals surface area contributed by atoms with Gasteiger partial charge in [-0.2, -0.15) is 0 Å². The molecule has 1 N–H and O–H groups in total. The van der Waals surface area contributed by atoms with Gasteiger partial charge in [-0.3, -0.25) is 9.59 Å². The minimum atomic E-state index is -0.947. The number of methoxy groups -OCH3 is 1. The molecule has 0 saturated carbocycles. The van der Waals surface area contributed by atoms with Gasteiger partial charge in [0.15, 0.2) is 0 Å². The molecule has 0 aliphatic carbocycles. The highest BCUT2D eigenvalue weighted by molar-refractivity contribution is 5.87. The number of likely N-dealkylation sites (tertiary alicyclic amines) is 1. The van der Waals surface area contributed by atoms with Gasteiger partial charge in [0.1, 0.15) is 5.75 Å². The summed E-state index contributed by atoms with van der Waals surface area (Å²) >= 11 is 0. The van der Waals surface area contributed by atoms with Crippen molar-refractivity contribution in [3.05, 3.63) is 29.8 Å². The second-order valence-electron chi connectivity index (χ2n) is 5.23. The summed E-state index contributed by atoms with van der Waals surface area (Å²) in [6.45, 7) is 3.79. The molecule has 5 nitrogen and oxygen atoms in total. The molecule has 1 heterocycles. The number of amides is 1. The van der Waals surface area contributed by atoms with Crippen molar-refractivity contribution < 1.29 is 19.4 Å². The Hall–Kier alpha value is -2.04. The summed E-state index contributed by atoms with van der Waals surface area (Å²) in [6.07, 6.45) is 0.0379. The molecule has 1 saturated heterocycles. The Bertz CT molecular complexity index is 526. The molecule has 108 valence electrons. The van der Waals surface area contributed by atoms with Gasteiger partial charge in [0.05, 0.1) is 19.1 Å². The first-order valence-electron chi connectivity index (χ1n) is 6.64. The topological polar surface area (TPSA) is 66.8 Å². The number of ether oxygens (including phenoxy) is 1. The average molecular weight is 277 g/mol. The summed E-state index contributed by atoms with van der Waals surface area (Å²) in [6, 6.07) is 6.74. The molecule has 1 amide bonds. The van der Waals surface area contributed by atoms with E-state index >= 15 is 0 Å². The smallest absolute Gasteiger partial charge is 0.309 e. The second-order valence-corrected chi connectivity index (χ2v) is 5.23. The van der Waals surface area contributed by atoms with E-state index in [4.69, 9.17) is 4.74 Å². The van der Waals surface area contributed by atoms with Crippen LogP contribution in [0.25, 0.3) is 0 Å². The Labute approximate surface area is 118 Å². The fourth-order valence-electron chi connectivity index (χ4n) is 2.86. The molecule has 20 heavy (non-hydrogen) atoms. The Balaban J connectivity index is 2.52. The summed E-state index contributed by atoms with van der Waals surface area (Å²) in [5.41, 5.74) is 0.752. The van der Waals surface area contributed by atoms with E-state index in [2.05, 4.69) is 0 Å². The summed E-state index contributed by atoms with van der Waals surface area (Å²) < 4.78 is 5.32. The lowest BCUT2D eigenvalue weighted by atomic mass is 9.92. The van der Waals surface area contributed by atoms with Crippen molar-refractivity contribution in [3.8, 4) is 5.75 Å². The van der Waals surface area contributed by atoms with Gasteiger partial charge in [-0.1, -0.05) is 18.2 Å². The van der Waals surface area contributed by atoms with Crippen LogP contribution in [0.1, 0.15) is 31.9 Å². The minimum Gasteiger partial charge on any atom is -0.496 e. The standard InChI is InChI=1S/C15H19NO4/c1-9(2)16-13(17)8-11(15(18)19)14(16)10-6-4-5-7-12(10)20-3/h4-7,9,11,14H,8H2,1-3H3,(H,18,19)/t11-,14+/m1/s1. The largest absolute Gasteiger partial charge is 0.496 e. The number of rotatable bonds is 4. The molecule has 5 heteroatoms. The first kappa shape index (κ1) is 14.4. The number of carbonyl (C=O) groups is 2. The number of carbonyl (C=O) groups excluding carboxylic acids is 1. The summed E-state index contributed by atoms with van der Waals surface area (Å²) in [5.74, 6) is -1.19. The van der Waals surface area contributed by atoms with Crippen molar-refractivity contribution in [2.45, 2.75) is 32.4 Å². The normalized spacial score (nSPS) is 22.4. The highest BCUT2D eigenvalue weighted by Gasteiger charge is 2.46. The van der Waals surface area contributed by atoms with Crippen LogP contribution < -0.4 is 4.74 Å². The van der Waals surface area contributed by atoms with Crippen LogP contribution in [0, 0.1) is 5.92 Å². The number of hydrogen-bond acceptors (Lipinski definition) is 3. The van der Waals surface area contributed by atoms with E-state index < -0.39 is 17.9 Å². The third-order valence-corrected chi connectivity index (χ3v) is 3.69. The lowest BCUT2D eigenvalue weighted by Gasteiger charge is -2.31. The van der Waals surface area contributed by atoms with Gasteiger partial charge in [-0.05, 0) is 19.9 Å². The Morgan fingerprint density at radius 3 is 2.60 bits per heavy atom. The van der Waals surface area contributed by atoms with Crippen molar-refractivity contribution in [3.63, 3.8) is 0 Å². The summed E-state index contributed by atoms with van der Waals surface area (Å²) in [4.78, 5) is 25.3. The highest BCUT2D eigenvalue weighted by atomic mass is 16.5. The number of para-hydroxylation sites is 1. The van der Waals surface area contributed by atoms with Gasteiger partial charge < -0.3 is 14.7 Å². The van der Waals surface area contributed by atoms with Crippen LogP contribution in [-0.2, 0) is 9.59 Å². The van der Waals surface area contributed by atoms with Crippen LogP contribution >= 0.6 is 0 Å². The molecule has 1 aliphatic heterocycles. The molecule has 2 atom stereocenters. The van der Waals surface area contributed by atoms with Crippen LogP contribution in [-0.4, -0.2) is 35.0 Å². The van der Waals surface area contributed by atoms with Gasteiger partial charge in [0, 0.05) is 18.0 Å². The SMILES string of the molecule is COc1ccccc1[C@H]1[C@H](C(=O)O)CC(=O)N1C(C)C. The molecule has 2 rings (SSSR count). The highest BCUT2D eigenvalue weighted by Crippen LogP contribution is 2.42. The van der Waals surface area contributed by atoms with E-state index in [-0.39, 0.29) is 18.4 Å². The van der Waals surface area contributed by atoms with Crippen LogP contribution in [0.2, 0.25) is 0 Å². The van der Waals surface area contributed by atoms with Crippen LogP contribution in [0.5, 0.6) is 5.75 Å². The van der Waals surface area contributed by atoms with E-state index in [0.29, 0.717) is 5.75 Å². The number of carboxylic acid groups (broad SMARTS) is 1. The zero-order chi connectivity index (χ0) is 14.9. The van der Waals surface area contributed by atoms with Gasteiger partial charge >= 0.3 is 5.97 Å². The lowest BCUT2D eigenvalue weighted by molar-refractivity contribution is -0.142. The number of hydrogen-bond donors (Lipinski definition) is 1. The van der Waals surface area contributed by atoms with Crippen molar-refractivity contribution in [2.75, 3.05) is 7.11 Å². The molecule has 0 spiro atoms. The van der Waals surface area contributed by atoms with Crippen molar-refractivity contribution in [2.24, 2.45) is 5.92 Å². The first-order chi connectivity index (χ1) is 9.47. The maximum Gasteiger partial charge on any atom is 0.309 e. The number of aliphatic carboxylic acids is 1. The zero-order valence-corrected chi connectivity index (χ0v) is 11.9. The average Bonchev–Trinajstić information content (AvgIpc) is 2.76. The molecule has 1 aromatic carbocycles. The minimum absolute atomic E-state index is 0.0379. The second kappa shape index (κ2) is 5.53. The third kappa shape index (κ3) is 2.35. The van der Waals surface area contributed by atoms with Gasteiger partial charge in [-0.25, -0.2) is 0 Å². The zero-order valence-electron chi connectivity index (χ0n) is 11.9. The quantitative estimate of drug-likeness (QED) is 0.915. The van der Waals surface area contributed by atoms with Crippen molar-refractivity contribution in [1.29, 1.82) is 0 Å². The molecule has 1 aliphatic rings. The summed E-state index contributed by atoms with van der Waals surface area (Å²) in [5, 5.41) is 9.41. The molecule has 1 fully saturated rings. The number of nitrogens with zero attached hydrogens (tertiary/aromatic N) is 1. The van der Waals surface area contributed by atoms with Crippen LogP contribution in [0.3, 0.4) is 0 Å². The van der Waals surface area contributed by atoms with E-state index in [9.17, 15) is 14.7 Å². The molecular weight excluding hydrogens is 258 g/mol.